The summed E-state index contributed by atoms with van der Waals surface area (Å²) in [4.78, 5) is 32.0. The molecule has 0 spiro atoms. The Kier molecular flexibility index (Phi) is 7.22. The first-order valence-corrected chi connectivity index (χ1v) is 10.6. The van der Waals surface area contributed by atoms with Crippen LogP contribution >= 0.6 is 0 Å². The molecule has 0 radical (unpaired) electrons. The summed E-state index contributed by atoms with van der Waals surface area (Å²) < 4.78 is 0. The standard InChI is InChI=1S/C24H30N4O2/c1-4-5-9-22(29)28-24-26-20-11-10-18(15-21(20)27-24)17-7-6-8-19(14-17)23(30)25-13-12-16(2)3/h6-8,10-11,14-16H,4-5,9,12-13H2,1-3H3,(H,25,30)(H2,26,27,28,29). The second kappa shape index (κ2) is 10.1. The van der Waals surface area contributed by atoms with Gasteiger partial charge >= 0.3 is 0 Å². The lowest BCUT2D eigenvalue weighted by atomic mass is 10.0. The van der Waals surface area contributed by atoms with Crippen LogP contribution in [0.5, 0.6) is 0 Å². The highest BCUT2D eigenvalue weighted by atomic mass is 16.2. The van der Waals surface area contributed by atoms with E-state index >= 15 is 0 Å². The maximum atomic E-state index is 12.4. The third-order valence-corrected chi connectivity index (χ3v) is 4.96. The van der Waals surface area contributed by atoms with E-state index in [1.165, 1.54) is 0 Å². The summed E-state index contributed by atoms with van der Waals surface area (Å²) in [6.45, 7) is 7.01. The molecule has 0 unspecified atom stereocenters. The number of unbranched alkanes of at least 4 members (excludes halogenated alkanes) is 1. The number of nitrogens with zero attached hydrogens (tertiary/aromatic N) is 1. The van der Waals surface area contributed by atoms with Crippen LogP contribution in [0.1, 0.15) is 56.8 Å². The van der Waals surface area contributed by atoms with Gasteiger partial charge in [-0.1, -0.05) is 45.4 Å². The van der Waals surface area contributed by atoms with Crippen LogP contribution in [0.25, 0.3) is 22.2 Å². The fourth-order valence-electron chi connectivity index (χ4n) is 3.20. The lowest BCUT2D eigenvalue weighted by molar-refractivity contribution is -0.116. The highest BCUT2D eigenvalue weighted by Gasteiger charge is 2.10. The van der Waals surface area contributed by atoms with Crippen molar-refractivity contribution in [2.45, 2.75) is 46.5 Å². The molecule has 3 rings (SSSR count). The molecule has 0 aliphatic carbocycles. The van der Waals surface area contributed by atoms with Crippen molar-refractivity contribution < 1.29 is 9.59 Å². The molecule has 2 amide bonds. The molecular formula is C24H30N4O2. The van der Waals surface area contributed by atoms with Crippen LogP contribution in [0.2, 0.25) is 0 Å². The molecule has 0 aliphatic rings. The van der Waals surface area contributed by atoms with Crippen molar-refractivity contribution in [3.63, 3.8) is 0 Å². The number of fused-ring (bicyclic) bond motifs is 1. The second-order valence-electron chi connectivity index (χ2n) is 7.99. The molecule has 0 aliphatic heterocycles. The van der Waals surface area contributed by atoms with Gasteiger partial charge in [0, 0.05) is 18.5 Å². The molecule has 2 aromatic carbocycles. The Morgan fingerprint density at radius 2 is 1.90 bits per heavy atom. The molecule has 0 fully saturated rings. The zero-order chi connectivity index (χ0) is 21.5. The first-order chi connectivity index (χ1) is 14.5. The molecule has 1 aromatic heterocycles. The molecule has 0 atom stereocenters. The molecule has 3 aromatic rings. The van der Waals surface area contributed by atoms with Crippen molar-refractivity contribution in [3.05, 3.63) is 48.0 Å². The number of aromatic amines is 1. The van der Waals surface area contributed by atoms with E-state index in [1.54, 1.807) is 0 Å². The van der Waals surface area contributed by atoms with Crippen LogP contribution in [0.15, 0.2) is 42.5 Å². The summed E-state index contributed by atoms with van der Waals surface area (Å²) in [6, 6.07) is 13.5. The van der Waals surface area contributed by atoms with E-state index in [4.69, 9.17) is 0 Å². The quantitative estimate of drug-likeness (QED) is 0.460. The molecule has 0 bridgehead atoms. The third kappa shape index (κ3) is 5.69. The SMILES string of the molecule is CCCCC(=O)Nc1nc2ccc(-c3cccc(C(=O)NCCC(C)C)c3)cc2[nH]1. The highest BCUT2D eigenvalue weighted by molar-refractivity contribution is 5.96. The molecule has 3 N–H and O–H groups in total. The van der Waals surface area contributed by atoms with Gasteiger partial charge in [0.25, 0.3) is 5.91 Å². The Labute approximate surface area is 177 Å². The van der Waals surface area contributed by atoms with Crippen LogP contribution in [0.3, 0.4) is 0 Å². The maximum Gasteiger partial charge on any atom is 0.251 e. The van der Waals surface area contributed by atoms with Gasteiger partial charge in [-0.3, -0.25) is 14.9 Å². The first kappa shape index (κ1) is 21.6. The van der Waals surface area contributed by atoms with E-state index in [9.17, 15) is 9.59 Å². The molecule has 0 saturated carbocycles. The summed E-state index contributed by atoms with van der Waals surface area (Å²) in [6.07, 6.45) is 3.29. The van der Waals surface area contributed by atoms with Crippen molar-refractivity contribution in [1.29, 1.82) is 0 Å². The van der Waals surface area contributed by atoms with Gasteiger partial charge in [0.1, 0.15) is 0 Å². The number of hydrogen-bond acceptors (Lipinski definition) is 3. The molecular weight excluding hydrogens is 376 g/mol. The van der Waals surface area contributed by atoms with Gasteiger partial charge in [0.15, 0.2) is 0 Å². The van der Waals surface area contributed by atoms with Crippen LogP contribution in [0, 0.1) is 5.92 Å². The van der Waals surface area contributed by atoms with E-state index in [1.807, 2.05) is 42.5 Å². The minimum Gasteiger partial charge on any atom is -0.352 e. The minimum atomic E-state index is -0.0582. The highest BCUT2D eigenvalue weighted by Crippen LogP contribution is 2.25. The number of benzene rings is 2. The average Bonchev–Trinajstić information content (AvgIpc) is 3.13. The van der Waals surface area contributed by atoms with Crippen molar-refractivity contribution >= 4 is 28.8 Å². The summed E-state index contributed by atoms with van der Waals surface area (Å²) in [5.74, 6) is 0.921. The van der Waals surface area contributed by atoms with Crippen molar-refractivity contribution in [3.8, 4) is 11.1 Å². The topological polar surface area (TPSA) is 86.9 Å². The van der Waals surface area contributed by atoms with Gasteiger partial charge in [0.05, 0.1) is 11.0 Å². The zero-order valence-electron chi connectivity index (χ0n) is 17.9. The number of anilines is 1. The van der Waals surface area contributed by atoms with Gasteiger partial charge in [-0.2, -0.15) is 0 Å². The Morgan fingerprint density at radius 1 is 1.10 bits per heavy atom. The molecule has 6 nitrogen and oxygen atoms in total. The lowest BCUT2D eigenvalue weighted by Gasteiger charge is -2.09. The third-order valence-electron chi connectivity index (χ3n) is 4.96. The normalized spacial score (nSPS) is 11.1. The maximum absolute atomic E-state index is 12.4. The Hall–Kier alpha value is -3.15. The summed E-state index contributed by atoms with van der Waals surface area (Å²) in [7, 11) is 0. The summed E-state index contributed by atoms with van der Waals surface area (Å²) in [5, 5.41) is 5.80. The van der Waals surface area contributed by atoms with Crippen LogP contribution < -0.4 is 10.6 Å². The molecule has 1 heterocycles. The monoisotopic (exact) mass is 406 g/mol. The zero-order valence-corrected chi connectivity index (χ0v) is 17.9. The molecule has 158 valence electrons. The van der Waals surface area contributed by atoms with Gasteiger partial charge in [-0.05, 0) is 54.2 Å². The Balaban J connectivity index is 1.75. The molecule has 0 saturated heterocycles. The second-order valence-corrected chi connectivity index (χ2v) is 7.99. The lowest BCUT2D eigenvalue weighted by Crippen LogP contribution is -2.25. The number of amides is 2. The summed E-state index contributed by atoms with van der Waals surface area (Å²) >= 11 is 0. The average molecular weight is 407 g/mol. The van der Waals surface area contributed by atoms with E-state index in [2.05, 4.69) is 41.4 Å². The predicted octanol–water partition coefficient (Wildman–Crippen LogP) is 5.13. The van der Waals surface area contributed by atoms with Crippen molar-refractivity contribution in [1.82, 2.24) is 15.3 Å². The van der Waals surface area contributed by atoms with Crippen LogP contribution in [-0.2, 0) is 4.79 Å². The Bertz CT molecular complexity index is 1020. The van der Waals surface area contributed by atoms with Gasteiger partial charge < -0.3 is 10.3 Å². The van der Waals surface area contributed by atoms with Crippen molar-refractivity contribution in [2.24, 2.45) is 5.92 Å². The minimum absolute atomic E-state index is 0.0349. The van der Waals surface area contributed by atoms with Crippen LogP contribution in [0.4, 0.5) is 5.95 Å². The number of carbonyl (C=O) groups is 2. The predicted molar refractivity (Wildman–Crippen MR) is 121 cm³/mol. The van der Waals surface area contributed by atoms with E-state index in [-0.39, 0.29) is 11.8 Å². The van der Waals surface area contributed by atoms with Gasteiger partial charge in [0.2, 0.25) is 11.9 Å². The Morgan fingerprint density at radius 3 is 2.67 bits per heavy atom. The number of hydrogen-bond donors (Lipinski definition) is 3. The first-order valence-electron chi connectivity index (χ1n) is 10.6. The fourth-order valence-corrected chi connectivity index (χ4v) is 3.20. The largest absolute Gasteiger partial charge is 0.352 e. The van der Waals surface area contributed by atoms with E-state index in [0.717, 1.165) is 41.4 Å². The number of rotatable bonds is 9. The number of aromatic nitrogens is 2. The molecule has 6 heteroatoms. The number of H-pyrrole nitrogens is 1. The van der Waals surface area contributed by atoms with E-state index < -0.39 is 0 Å². The fraction of sp³-hybridized carbons (Fsp3) is 0.375. The number of carbonyl (C=O) groups excluding carboxylic acids is 2. The van der Waals surface area contributed by atoms with Gasteiger partial charge in [-0.15, -0.1) is 0 Å². The summed E-state index contributed by atoms with van der Waals surface area (Å²) in [5.41, 5.74) is 4.20. The van der Waals surface area contributed by atoms with E-state index in [0.29, 0.717) is 30.4 Å². The molecule has 30 heavy (non-hydrogen) atoms. The number of nitrogens with one attached hydrogen (secondary N) is 3. The van der Waals surface area contributed by atoms with Crippen LogP contribution in [-0.4, -0.2) is 28.3 Å². The number of imidazole rings is 1. The van der Waals surface area contributed by atoms with Gasteiger partial charge in [-0.25, -0.2) is 4.98 Å². The van der Waals surface area contributed by atoms with Crippen molar-refractivity contribution in [2.75, 3.05) is 11.9 Å². The smallest absolute Gasteiger partial charge is 0.251 e.